The Morgan fingerprint density at radius 3 is 2.00 bits per heavy atom. The van der Waals surface area contributed by atoms with E-state index in [1.807, 2.05) is 17.4 Å². The molecule has 214 valence electrons. The predicted molar refractivity (Wildman–Crippen MR) is 195 cm³/mol. The molecule has 3 nitrogen and oxygen atoms in total. The number of aromatic nitrogens is 2. The van der Waals surface area contributed by atoms with Gasteiger partial charge in [0, 0.05) is 58.2 Å². The maximum absolute atomic E-state index is 6.62. The number of nitrogens with zero attached hydrogens (tertiary/aromatic N) is 2. The highest BCUT2D eigenvalue weighted by atomic mass is 32.1. The minimum atomic E-state index is 0.911. The molecular weight excluding hydrogens is 581 g/mol. The number of fused-ring (bicyclic) bond motifs is 14. The molecule has 0 radical (unpaired) electrons. The van der Waals surface area contributed by atoms with Crippen molar-refractivity contribution in [3.05, 3.63) is 146 Å². The van der Waals surface area contributed by atoms with E-state index in [-0.39, 0.29) is 0 Å². The highest BCUT2D eigenvalue weighted by molar-refractivity contribution is 7.27. The highest BCUT2D eigenvalue weighted by Crippen LogP contribution is 2.48. The fourth-order valence-corrected chi connectivity index (χ4v) is 9.10. The molecule has 0 amide bonds. The van der Waals surface area contributed by atoms with Crippen molar-refractivity contribution in [2.45, 2.75) is 0 Å². The topological polar surface area (TPSA) is 23.0 Å². The maximum atomic E-state index is 6.62. The Balaban J connectivity index is 1.33. The van der Waals surface area contributed by atoms with Crippen molar-refractivity contribution in [2.75, 3.05) is 0 Å². The van der Waals surface area contributed by atoms with Gasteiger partial charge in [-0.15, -0.1) is 11.3 Å². The van der Waals surface area contributed by atoms with E-state index in [9.17, 15) is 0 Å². The molecule has 0 fully saturated rings. The number of hydrogen-bond donors (Lipinski definition) is 0. The van der Waals surface area contributed by atoms with Crippen molar-refractivity contribution in [2.24, 2.45) is 0 Å². The largest absolute Gasteiger partial charge is 0.454 e. The normalized spacial score (nSPS) is 12.3. The second-order valence-electron chi connectivity index (χ2n) is 12.1. The van der Waals surface area contributed by atoms with Crippen LogP contribution in [0.25, 0.3) is 97.1 Å². The molecule has 0 bridgehead atoms. The Labute approximate surface area is 266 Å². The van der Waals surface area contributed by atoms with Crippen LogP contribution < -0.4 is 0 Å². The lowest BCUT2D eigenvalue weighted by Gasteiger charge is -2.10. The van der Waals surface area contributed by atoms with Crippen molar-refractivity contribution < 1.29 is 4.42 Å². The first-order valence-corrected chi connectivity index (χ1v) is 16.4. The summed E-state index contributed by atoms with van der Waals surface area (Å²) in [6, 6.07) is 52.5. The van der Waals surface area contributed by atoms with E-state index in [2.05, 4.69) is 149 Å². The maximum Gasteiger partial charge on any atom is 0.159 e. The molecule has 46 heavy (non-hydrogen) atoms. The van der Waals surface area contributed by atoms with Gasteiger partial charge in [-0.2, -0.15) is 0 Å². The first-order valence-electron chi connectivity index (χ1n) is 15.6. The van der Waals surface area contributed by atoms with E-state index in [1.54, 1.807) is 0 Å². The molecule has 7 aromatic carbocycles. The third-order valence-electron chi connectivity index (χ3n) is 9.71. The SMILES string of the molecule is c1ccc(-n2c3ccccc3c3c4sc5ccc6c7ccccc7n(-c7cccc8c7oc7ccccc78)c6c5c4ccc32)cc1. The van der Waals surface area contributed by atoms with Gasteiger partial charge in [-0.25, -0.2) is 0 Å². The summed E-state index contributed by atoms with van der Waals surface area (Å²) >= 11 is 1.90. The molecule has 4 aromatic heterocycles. The van der Waals surface area contributed by atoms with Crippen LogP contribution in [-0.2, 0) is 0 Å². The highest BCUT2D eigenvalue weighted by Gasteiger charge is 2.23. The molecule has 4 heterocycles. The quantitative estimate of drug-likeness (QED) is 0.192. The van der Waals surface area contributed by atoms with Gasteiger partial charge in [0.05, 0.1) is 27.8 Å². The second kappa shape index (κ2) is 8.87. The Bertz CT molecular complexity index is 3030. The van der Waals surface area contributed by atoms with E-state index >= 15 is 0 Å². The summed E-state index contributed by atoms with van der Waals surface area (Å²) in [7, 11) is 0. The van der Waals surface area contributed by atoms with Gasteiger partial charge in [-0.3, -0.25) is 0 Å². The zero-order valence-corrected chi connectivity index (χ0v) is 25.4. The fraction of sp³-hybridized carbons (Fsp3) is 0. The Morgan fingerprint density at radius 2 is 1.13 bits per heavy atom. The first-order chi connectivity index (χ1) is 22.8. The van der Waals surface area contributed by atoms with Gasteiger partial charge in [0.2, 0.25) is 0 Å². The van der Waals surface area contributed by atoms with Gasteiger partial charge in [0.15, 0.2) is 5.58 Å². The summed E-state index contributed by atoms with van der Waals surface area (Å²) in [6.45, 7) is 0. The number of para-hydroxylation sites is 5. The first kappa shape index (κ1) is 24.5. The van der Waals surface area contributed by atoms with Crippen LogP contribution in [0.4, 0.5) is 0 Å². The van der Waals surface area contributed by atoms with Gasteiger partial charge in [0.1, 0.15) is 5.58 Å². The summed E-state index contributed by atoms with van der Waals surface area (Å²) in [5.41, 5.74) is 8.93. The number of thiophene rings is 1. The molecule has 11 aromatic rings. The van der Waals surface area contributed by atoms with Crippen molar-refractivity contribution in [1.82, 2.24) is 9.13 Å². The van der Waals surface area contributed by atoms with Crippen molar-refractivity contribution >= 4 is 97.1 Å². The van der Waals surface area contributed by atoms with E-state index in [4.69, 9.17) is 4.42 Å². The summed E-state index contributed by atoms with van der Waals surface area (Å²) in [5.74, 6) is 0. The van der Waals surface area contributed by atoms with E-state index in [0.29, 0.717) is 0 Å². The Morgan fingerprint density at radius 1 is 0.435 bits per heavy atom. The standard InChI is InChI=1S/C42H24N2OS/c1-2-11-25(12-3-1)43-33-18-8-5-15-30(33)38-34(43)23-21-31-39-37(46-42(31)38)24-22-28-26-13-4-7-17-32(26)44(40(28)39)35-19-10-16-29-27-14-6-9-20-36(27)45-41(29)35/h1-24H. The van der Waals surface area contributed by atoms with E-state index < -0.39 is 0 Å². The molecule has 0 N–H and O–H groups in total. The summed E-state index contributed by atoms with van der Waals surface area (Å²) in [5, 5.41) is 9.95. The molecule has 0 aliphatic heterocycles. The average molecular weight is 605 g/mol. The molecule has 0 aliphatic carbocycles. The fourth-order valence-electron chi connectivity index (χ4n) is 7.84. The van der Waals surface area contributed by atoms with Crippen molar-refractivity contribution in [3.63, 3.8) is 0 Å². The zero-order chi connectivity index (χ0) is 29.9. The predicted octanol–water partition coefficient (Wildman–Crippen LogP) is 12.1. The monoisotopic (exact) mass is 604 g/mol. The van der Waals surface area contributed by atoms with E-state index in [1.165, 1.54) is 69.5 Å². The zero-order valence-electron chi connectivity index (χ0n) is 24.6. The van der Waals surface area contributed by atoms with Crippen LogP contribution in [0.1, 0.15) is 0 Å². The lowest BCUT2D eigenvalue weighted by molar-refractivity contribution is 0.666. The lowest BCUT2D eigenvalue weighted by atomic mass is 10.1. The van der Waals surface area contributed by atoms with Crippen LogP contribution in [-0.4, -0.2) is 9.13 Å². The van der Waals surface area contributed by atoms with Gasteiger partial charge in [-0.05, 0) is 48.5 Å². The van der Waals surface area contributed by atoms with Gasteiger partial charge in [-0.1, -0.05) is 97.1 Å². The van der Waals surface area contributed by atoms with Crippen LogP contribution in [0.15, 0.2) is 150 Å². The number of hydrogen-bond acceptors (Lipinski definition) is 2. The summed E-state index contributed by atoms with van der Waals surface area (Å²) in [4.78, 5) is 0. The Hall–Kier alpha value is -5.84. The lowest BCUT2D eigenvalue weighted by Crippen LogP contribution is -1.94. The van der Waals surface area contributed by atoms with Crippen molar-refractivity contribution in [1.29, 1.82) is 0 Å². The minimum absolute atomic E-state index is 0.911. The smallest absolute Gasteiger partial charge is 0.159 e. The molecule has 4 heteroatoms. The second-order valence-corrected chi connectivity index (χ2v) is 13.1. The van der Waals surface area contributed by atoms with Crippen molar-refractivity contribution in [3.8, 4) is 11.4 Å². The van der Waals surface area contributed by atoms with Crippen LogP contribution in [0.5, 0.6) is 0 Å². The average Bonchev–Trinajstić information content (AvgIpc) is 3.86. The molecular formula is C42H24N2OS. The van der Waals surface area contributed by atoms with Gasteiger partial charge >= 0.3 is 0 Å². The van der Waals surface area contributed by atoms with Gasteiger partial charge in [0.25, 0.3) is 0 Å². The van der Waals surface area contributed by atoms with Gasteiger partial charge < -0.3 is 13.6 Å². The third kappa shape index (κ3) is 3.06. The van der Waals surface area contributed by atoms with Crippen LogP contribution in [0, 0.1) is 0 Å². The van der Waals surface area contributed by atoms with Crippen LogP contribution >= 0.6 is 11.3 Å². The summed E-state index contributed by atoms with van der Waals surface area (Å²) < 4.78 is 14.1. The molecule has 11 rings (SSSR count). The number of rotatable bonds is 2. The minimum Gasteiger partial charge on any atom is -0.454 e. The van der Waals surface area contributed by atoms with E-state index in [0.717, 1.165) is 27.6 Å². The summed E-state index contributed by atoms with van der Waals surface area (Å²) in [6.07, 6.45) is 0. The molecule has 0 aliphatic rings. The molecule has 0 saturated heterocycles. The Kier molecular flexibility index (Phi) is 4.72. The molecule has 0 unspecified atom stereocenters. The third-order valence-corrected chi connectivity index (χ3v) is 10.9. The van der Waals surface area contributed by atoms with Crippen LogP contribution in [0.2, 0.25) is 0 Å². The number of furan rings is 1. The number of benzene rings is 7. The molecule has 0 atom stereocenters. The molecule has 0 spiro atoms. The van der Waals surface area contributed by atoms with Crippen LogP contribution in [0.3, 0.4) is 0 Å². The molecule has 0 saturated carbocycles.